The van der Waals surface area contributed by atoms with Gasteiger partial charge in [-0.25, -0.2) is 0 Å². The van der Waals surface area contributed by atoms with Gasteiger partial charge in [0.1, 0.15) is 0 Å². The van der Waals surface area contributed by atoms with Gasteiger partial charge in [0.05, 0.1) is 0 Å². The summed E-state index contributed by atoms with van der Waals surface area (Å²) in [7, 11) is 1.71. The van der Waals surface area contributed by atoms with Gasteiger partial charge in [0.2, 0.25) is 0 Å². The minimum atomic E-state index is 0.347. The van der Waals surface area contributed by atoms with Crippen LogP contribution in [0.2, 0.25) is 0 Å². The zero-order valence-corrected chi connectivity index (χ0v) is 7.10. The summed E-state index contributed by atoms with van der Waals surface area (Å²) < 4.78 is 4.91. The molecule has 0 bridgehead atoms. The number of methoxy groups -OCH3 is 1. The van der Waals surface area contributed by atoms with Crippen molar-refractivity contribution in [3.05, 3.63) is 0 Å². The Hall–Kier alpha value is -0.0800. The number of nitrogens with two attached hydrogens (primary N) is 1. The smallest absolute Gasteiger partial charge is 0.0477 e. The van der Waals surface area contributed by atoms with E-state index in [1.54, 1.807) is 7.11 Å². The molecule has 0 fully saturated rings. The van der Waals surface area contributed by atoms with Gasteiger partial charge >= 0.3 is 0 Å². The molecule has 0 aromatic carbocycles. The van der Waals surface area contributed by atoms with Crippen molar-refractivity contribution >= 4 is 0 Å². The maximum Gasteiger partial charge on any atom is 0.0477 e. The zero-order valence-electron chi connectivity index (χ0n) is 7.10. The third kappa shape index (κ3) is 6.05. The lowest BCUT2D eigenvalue weighted by Gasteiger charge is -2.08. The lowest BCUT2D eigenvalue weighted by Crippen LogP contribution is -2.21. The van der Waals surface area contributed by atoms with E-state index < -0.39 is 0 Å². The van der Waals surface area contributed by atoms with Crippen LogP contribution in [0.5, 0.6) is 0 Å². The molecule has 0 radical (unpaired) electrons. The van der Waals surface area contributed by atoms with Crippen LogP contribution in [0.1, 0.15) is 32.6 Å². The number of unbranched alkanes of at least 4 members (excludes halogenated alkanes) is 1. The summed E-state index contributed by atoms with van der Waals surface area (Å²) in [4.78, 5) is 0. The summed E-state index contributed by atoms with van der Waals surface area (Å²) >= 11 is 0. The molecule has 2 nitrogen and oxygen atoms in total. The van der Waals surface area contributed by atoms with Crippen molar-refractivity contribution in [2.45, 2.75) is 38.6 Å². The molecule has 0 aliphatic carbocycles. The molecule has 1 atom stereocenters. The highest BCUT2D eigenvalue weighted by atomic mass is 16.5. The van der Waals surface area contributed by atoms with Gasteiger partial charge in [-0.05, 0) is 12.8 Å². The molecule has 0 aliphatic rings. The summed E-state index contributed by atoms with van der Waals surface area (Å²) in [5.41, 5.74) is 5.77. The van der Waals surface area contributed by atoms with E-state index in [0.29, 0.717) is 6.04 Å². The highest BCUT2D eigenvalue weighted by Gasteiger charge is 1.99. The number of ether oxygens (including phenoxy) is 1. The molecular weight excluding hydrogens is 126 g/mol. The van der Waals surface area contributed by atoms with E-state index in [2.05, 4.69) is 6.92 Å². The van der Waals surface area contributed by atoms with Gasteiger partial charge in [0.25, 0.3) is 0 Å². The molecule has 0 rings (SSSR count). The molecule has 0 amide bonds. The lowest BCUT2D eigenvalue weighted by molar-refractivity contribution is 0.186. The third-order valence-electron chi connectivity index (χ3n) is 1.62. The maximum absolute atomic E-state index is 5.77. The molecule has 10 heavy (non-hydrogen) atoms. The van der Waals surface area contributed by atoms with Crippen LogP contribution in [0.4, 0.5) is 0 Å². The second-order valence-electron chi connectivity index (χ2n) is 2.68. The highest BCUT2D eigenvalue weighted by molar-refractivity contribution is 4.59. The molecule has 2 N–H and O–H groups in total. The first-order chi connectivity index (χ1) is 4.81. The first-order valence-corrected chi connectivity index (χ1v) is 4.05. The largest absolute Gasteiger partial charge is 0.385 e. The monoisotopic (exact) mass is 145 g/mol. The van der Waals surface area contributed by atoms with Gasteiger partial charge in [-0.3, -0.25) is 0 Å². The second kappa shape index (κ2) is 7.03. The fourth-order valence-corrected chi connectivity index (χ4v) is 0.880. The summed E-state index contributed by atoms with van der Waals surface area (Å²) in [5.74, 6) is 0. The fraction of sp³-hybridized carbons (Fsp3) is 1.00. The molecule has 1 unspecified atom stereocenters. The van der Waals surface area contributed by atoms with Crippen LogP contribution in [-0.4, -0.2) is 19.8 Å². The fourth-order valence-electron chi connectivity index (χ4n) is 0.880. The van der Waals surface area contributed by atoms with E-state index in [0.717, 1.165) is 19.4 Å². The van der Waals surface area contributed by atoms with E-state index >= 15 is 0 Å². The quantitative estimate of drug-likeness (QED) is 0.615. The summed E-state index contributed by atoms with van der Waals surface area (Å²) in [6, 6.07) is 0.347. The molecule has 0 aromatic heterocycles. The Balaban J connectivity index is 3.00. The minimum Gasteiger partial charge on any atom is -0.385 e. The lowest BCUT2D eigenvalue weighted by atomic mass is 10.1. The van der Waals surface area contributed by atoms with Crippen LogP contribution in [0.15, 0.2) is 0 Å². The Morgan fingerprint density at radius 3 is 2.60 bits per heavy atom. The molecule has 0 saturated carbocycles. The number of rotatable bonds is 6. The Morgan fingerprint density at radius 1 is 1.40 bits per heavy atom. The summed E-state index contributed by atoms with van der Waals surface area (Å²) in [5, 5.41) is 0. The Morgan fingerprint density at radius 2 is 2.10 bits per heavy atom. The molecule has 0 spiro atoms. The van der Waals surface area contributed by atoms with Crippen molar-refractivity contribution in [2.75, 3.05) is 13.7 Å². The van der Waals surface area contributed by atoms with E-state index in [9.17, 15) is 0 Å². The van der Waals surface area contributed by atoms with Crippen LogP contribution in [0.3, 0.4) is 0 Å². The highest BCUT2D eigenvalue weighted by Crippen LogP contribution is 2.01. The summed E-state index contributed by atoms with van der Waals surface area (Å²) in [6.07, 6.45) is 4.61. The molecule has 2 heteroatoms. The first-order valence-electron chi connectivity index (χ1n) is 4.05. The van der Waals surface area contributed by atoms with Crippen LogP contribution < -0.4 is 5.73 Å². The number of hydrogen-bond donors (Lipinski definition) is 1. The SMILES string of the molecule is CCCCC(N)CCOC. The van der Waals surface area contributed by atoms with Gasteiger partial charge in [-0.2, -0.15) is 0 Å². The Labute approximate surface area is 63.7 Å². The van der Waals surface area contributed by atoms with Crippen molar-refractivity contribution in [1.29, 1.82) is 0 Å². The van der Waals surface area contributed by atoms with Crippen LogP contribution in [0.25, 0.3) is 0 Å². The summed E-state index contributed by atoms with van der Waals surface area (Å²) in [6.45, 7) is 2.98. The molecular formula is C8H19NO. The molecule has 0 heterocycles. The van der Waals surface area contributed by atoms with Gasteiger partial charge < -0.3 is 10.5 Å². The normalized spacial score (nSPS) is 13.5. The van der Waals surface area contributed by atoms with Gasteiger partial charge in [-0.1, -0.05) is 19.8 Å². The Bertz CT molecular complexity index is 58.3. The standard InChI is InChI=1S/C8H19NO/c1-3-4-5-8(9)6-7-10-2/h8H,3-7,9H2,1-2H3. The van der Waals surface area contributed by atoms with Crippen molar-refractivity contribution < 1.29 is 4.74 Å². The van der Waals surface area contributed by atoms with E-state index in [4.69, 9.17) is 10.5 Å². The average Bonchev–Trinajstić information content (AvgIpc) is 1.97. The van der Waals surface area contributed by atoms with Gasteiger partial charge in [0, 0.05) is 19.8 Å². The van der Waals surface area contributed by atoms with Gasteiger partial charge in [0.15, 0.2) is 0 Å². The van der Waals surface area contributed by atoms with Crippen molar-refractivity contribution in [1.82, 2.24) is 0 Å². The molecule has 0 saturated heterocycles. The zero-order chi connectivity index (χ0) is 7.82. The predicted octanol–water partition coefficient (Wildman–Crippen LogP) is 1.54. The molecule has 0 aliphatic heterocycles. The minimum absolute atomic E-state index is 0.347. The van der Waals surface area contributed by atoms with Crippen LogP contribution >= 0.6 is 0 Å². The van der Waals surface area contributed by atoms with Crippen LogP contribution in [-0.2, 0) is 4.74 Å². The average molecular weight is 145 g/mol. The maximum atomic E-state index is 5.77. The number of hydrogen-bond acceptors (Lipinski definition) is 2. The second-order valence-corrected chi connectivity index (χ2v) is 2.68. The first kappa shape index (κ1) is 9.92. The van der Waals surface area contributed by atoms with Crippen molar-refractivity contribution in [3.8, 4) is 0 Å². The van der Waals surface area contributed by atoms with Crippen LogP contribution in [0, 0.1) is 0 Å². The third-order valence-corrected chi connectivity index (χ3v) is 1.62. The molecule has 0 aromatic rings. The van der Waals surface area contributed by atoms with Gasteiger partial charge in [-0.15, -0.1) is 0 Å². The Kier molecular flexibility index (Phi) is 6.98. The van der Waals surface area contributed by atoms with Crippen molar-refractivity contribution in [2.24, 2.45) is 5.73 Å². The van der Waals surface area contributed by atoms with E-state index in [1.165, 1.54) is 12.8 Å². The molecule has 62 valence electrons. The topological polar surface area (TPSA) is 35.2 Å². The predicted molar refractivity (Wildman–Crippen MR) is 44.0 cm³/mol. The van der Waals surface area contributed by atoms with E-state index in [-0.39, 0.29) is 0 Å². The van der Waals surface area contributed by atoms with Crippen molar-refractivity contribution in [3.63, 3.8) is 0 Å². The van der Waals surface area contributed by atoms with E-state index in [1.807, 2.05) is 0 Å².